The van der Waals surface area contributed by atoms with Crippen LogP contribution in [0.25, 0.3) is 0 Å². The molecular weight excluding hydrogens is 351 g/mol. The second kappa shape index (κ2) is 9.41. The average molecular weight is 374 g/mol. The number of nitrogens with one attached hydrogen (secondary N) is 1. The van der Waals surface area contributed by atoms with Gasteiger partial charge in [0.1, 0.15) is 17.3 Å². The van der Waals surface area contributed by atoms with Gasteiger partial charge >= 0.3 is 0 Å². The van der Waals surface area contributed by atoms with Crippen molar-refractivity contribution in [3.05, 3.63) is 52.7 Å². The number of hydrogen-bond donors (Lipinski definition) is 1. The molecule has 0 bridgehead atoms. The highest BCUT2D eigenvalue weighted by molar-refractivity contribution is 5.84. The van der Waals surface area contributed by atoms with Crippen LogP contribution in [-0.2, 0) is 28.8 Å². The van der Waals surface area contributed by atoms with Gasteiger partial charge in [-0.05, 0) is 30.9 Å². The zero-order chi connectivity index (χ0) is 19.1. The number of ether oxygens (including phenoxy) is 1. The molecule has 1 saturated heterocycles. The molecule has 1 aromatic heterocycles. The van der Waals surface area contributed by atoms with E-state index in [0.29, 0.717) is 67.2 Å². The number of rotatable bonds is 9. The fourth-order valence-corrected chi connectivity index (χ4v) is 3.17. The molecular formula is C20H23FN2O4. The van der Waals surface area contributed by atoms with Gasteiger partial charge in [0.2, 0.25) is 5.91 Å². The molecule has 1 fully saturated rings. The van der Waals surface area contributed by atoms with Crippen LogP contribution in [0.4, 0.5) is 4.39 Å². The highest BCUT2D eigenvalue weighted by Gasteiger charge is 2.20. The summed E-state index contributed by atoms with van der Waals surface area (Å²) >= 11 is 0. The van der Waals surface area contributed by atoms with Gasteiger partial charge in [0.15, 0.2) is 6.29 Å². The third-order valence-electron chi connectivity index (χ3n) is 4.74. The number of benzene rings is 1. The van der Waals surface area contributed by atoms with Gasteiger partial charge in [-0.25, -0.2) is 4.39 Å². The Morgan fingerprint density at radius 3 is 2.93 bits per heavy atom. The van der Waals surface area contributed by atoms with Crippen LogP contribution in [0, 0.1) is 11.7 Å². The molecule has 1 amide bonds. The van der Waals surface area contributed by atoms with Crippen molar-refractivity contribution in [2.75, 3.05) is 19.8 Å². The van der Waals surface area contributed by atoms with E-state index < -0.39 is 0 Å². The predicted molar refractivity (Wildman–Crippen MR) is 96.0 cm³/mol. The quantitative estimate of drug-likeness (QED) is 0.682. The Balaban J connectivity index is 1.52. The number of aldehydes is 1. The van der Waals surface area contributed by atoms with E-state index in [0.717, 1.165) is 13.0 Å². The first-order chi connectivity index (χ1) is 13.2. The lowest BCUT2D eigenvalue weighted by Gasteiger charge is -2.08. The molecule has 3 rings (SSSR count). The van der Waals surface area contributed by atoms with Crippen molar-refractivity contribution in [3.63, 3.8) is 0 Å². The van der Waals surface area contributed by atoms with Crippen molar-refractivity contribution in [2.45, 2.75) is 32.1 Å². The number of aryl methyl sites for hydroxylation is 2. The van der Waals surface area contributed by atoms with E-state index in [-0.39, 0.29) is 18.1 Å². The minimum Gasteiger partial charge on any atom is -0.381 e. The van der Waals surface area contributed by atoms with Crippen LogP contribution < -0.4 is 5.32 Å². The van der Waals surface area contributed by atoms with E-state index in [1.54, 1.807) is 18.2 Å². The second-order valence-electron chi connectivity index (χ2n) is 6.74. The Bertz CT molecular complexity index is 784. The largest absolute Gasteiger partial charge is 0.381 e. The Morgan fingerprint density at radius 2 is 2.19 bits per heavy atom. The molecule has 1 aromatic carbocycles. The molecule has 144 valence electrons. The molecule has 1 atom stereocenters. The van der Waals surface area contributed by atoms with Crippen LogP contribution in [0.1, 0.15) is 40.2 Å². The monoisotopic (exact) mass is 374 g/mol. The van der Waals surface area contributed by atoms with Gasteiger partial charge in [-0.15, -0.1) is 0 Å². The summed E-state index contributed by atoms with van der Waals surface area (Å²) in [6, 6.07) is 6.60. The third kappa shape index (κ3) is 5.23. The molecule has 0 aliphatic carbocycles. The maximum Gasteiger partial charge on any atom is 0.226 e. The van der Waals surface area contributed by atoms with Crippen LogP contribution in [0.3, 0.4) is 0 Å². The van der Waals surface area contributed by atoms with Crippen molar-refractivity contribution < 1.29 is 23.2 Å². The van der Waals surface area contributed by atoms with Crippen LogP contribution in [0.2, 0.25) is 0 Å². The van der Waals surface area contributed by atoms with Crippen LogP contribution in [-0.4, -0.2) is 37.1 Å². The topological polar surface area (TPSA) is 81.4 Å². The Morgan fingerprint density at radius 1 is 1.33 bits per heavy atom. The second-order valence-corrected chi connectivity index (χ2v) is 6.74. The smallest absolute Gasteiger partial charge is 0.226 e. The normalized spacial score (nSPS) is 16.4. The van der Waals surface area contributed by atoms with Crippen molar-refractivity contribution >= 4 is 12.2 Å². The number of halogens is 1. The van der Waals surface area contributed by atoms with Gasteiger partial charge in [-0.3, -0.25) is 9.59 Å². The number of carbonyl (C=O) groups is 2. The number of amides is 1. The predicted octanol–water partition coefficient (Wildman–Crippen LogP) is 2.50. The first-order valence-electron chi connectivity index (χ1n) is 9.18. The lowest BCUT2D eigenvalue weighted by Crippen LogP contribution is -2.31. The zero-order valence-corrected chi connectivity index (χ0v) is 15.1. The van der Waals surface area contributed by atoms with E-state index >= 15 is 0 Å². The minimum absolute atomic E-state index is 0.00152. The van der Waals surface area contributed by atoms with Crippen LogP contribution in [0.15, 0.2) is 28.8 Å². The van der Waals surface area contributed by atoms with Crippen molar-refractivity contribution in [3.8, 4) is 0 Å². The summed E-state index contributed by atoms with van der Waals surface area (Å²) in [5, 5.41) is 6.73. The molecule has 27 heavy (non-hydrogen) atoms. The molecule has 1 aliphatic heterocycles. The summed E-state index contributed by atoms with van der Waals surface area (Å²) < 4.78 is 24.2. The van der Waals surface area contributed by atoms with Gasteiger partial charge in [0.05, 0.1) is 18.6 Å². The summed E-state index contributed by atoms with van der Waals surface area (Å²) in [6.07, 6.45) is 3.21. The maximum atomic E-state index is 13.6. The first kappa shape index (κ1) is 19.2. The average Bonchev–Trinajstić information content (AvgIpc) is 3.31. The lowest BCUT2D eigenvalue weighted by atomic mass is 10.0. The Kier molecular flexibility index (Phi) is 6.70. The summed E-state index contributed by atoms with van der Waals surface area (Å²) in [5.41, 5.74) is 1.29. The van der Waals surface area contributed by atoms with Crippen molar-refractivity contribution in [1.29, 1.82) is 0 Å². The molecule has 7 heteroatoms. The molecule has 0 saturated carbocycles. The summed E-state index contributed by atoms with van der Waals surface area (Å²) in [5.74, 6) is 0.339. The SMILES string of the molecule is O=Cc1c(CC(=O)NCC2CCOC2)noc1CCCc1ccccc1F. The molecule has 0 spiro atoms. The molecule has 2 aromatic rings. The number of hydrogen-bond acceptors (Lipinski definition) is 5. The van der Waals surface area contributed by atoms with Gasteiger partial charge < -0.3 is 14.6 Å². The van der Waals surface area contributed by atoms with Crippen LogP contribution >= 0.6 is 0 Å². The molecule has 1 aliphatic rings. The van der Waals surface area contributed by atoms with Crippen molar-refractivity contribution in [2.24, 2.45) is 5.92 Å². The fraction of sp³-hybridized carbons (Fsp3) is 0.450. The maximum absolute atomic E-state index is 13.6. The molecule has 0 radical (unpaired) electrons. The molecule has 2 heterocycles. The lowest BCUT2D eigenvalue weighted by molar-refractivity contribution is -0.120. The van der Waals surface area contributed by atoms with E-state index in [1.165, 1.54) is 6.07 Å². The zero-order valence-electron chi connectivity index (χ0n) is 15.1. The Labute approximate surface area is 157 Å². The van der Waals surface area contributed by atoms with Crippen LogP contribution in [0.5, 0.6) is 0 Å². The van der Waals surface area contributed by atoms with Gasteiger partial charge in [-0.2, -0.15) is 0 Å². The summed E-state index contributed by atoms with van der Waals surface area (Å²) in [4.78, 5) is 23.5. The standard InChI is InChI=1S/C20H23FN2O4/c21-17-6-2-1-4-15(17)5-3-7-19-16(12-24)18(23-27-19)10-20(25)22-11-14-8-9-26-13-14/h1-2,4,6,12,14H,3,5,7-11,13H2,(H,22,25). The number of aromatic nitrogens is 1. The summed E-state index contributed by atoms with van der Waals surface area (Å²) in [7, 11) is 0. The van der Waals surface area contributed by atoms with Gasteiger partial charge in [0, 0.05) is 25.5 Å². The van der Waals surface area contributed by atoms with E-state index in [9.17, 15) is 14.0 Å². The minimum atomic E-state index is -0.240. The van der Waals surface area contributed by atoms with Gasteiger partial charge in [-0.1, -0.05) is 23.4 Å². The third-order valence-corrected chi connectivity index (χ3v) is 4.74. The highest BCUT2D eigenvalue weighted by atomic mass is 19.1. The molecule has 6 nitrogen and oxygen atoms in total. The molecule has 1 N–H and O–H groups in total. The number of nitrogens with zero attached hydrogens (tertiary/aromatic N) is 1. The molecule has 1 unspecified atom stereocenters. The first-order valence-corrected chi connectivity index (χ1v) is 9.18. The Hall–Kier alpha value is -2.54. The fourth-order valence-electron chi connectivity index (χ4n) is 3.17. The highest BCUT2D eigenvalue weighted by Crippen LogP contribution is 2.17. The summed E-state index contributed by atoms with van der Waals surface area (Å²) in [6.45, 7) is 1.95. The van der Waals surface area contributed by atoms with E-state index in [1.807, 2.05) is 0 Å². The van der Waals surface area contributed by atoms with E-state index in [4.69, 9.17) is 9.26 Å². The van der Waals surface area contributed by atoms with Gasteiger partial charge in [0.25, 0.3) is 0 Å². The van der Waals surface area contributed by atoms with E-state index in [2.05, 4.69) is 10.5 Å². The van der Waals surface area contributed by atoms with Crippen molar-refractivity contribution in [1.82, 2.24) is 10.5 Å². The number of carbonyl (C=O) groups excluding carboxylic acids is 2.